The van der Waals surface area contributed by atoms with Crippen LogP contribution in [-0.4, -0.2) is 0 Å². The zero-order valence-electron chi connectivity index (χ0n) is 8.65. The second-order valence-corrected chi connectivity index (χ2v) is 3.16. The number of benzene rings is 1. The highest BCUT2D eigenvalue weighted by Crippen LogP contribution is 2.10. The summed E-state index contributed by atoms with van der Waals surface area (Å²) < 4.78 is 0. The molecule has 13 heavy (non-hydrogen) atoms. The SMILES string of the molecule is CCC#Cc1ccc(CC)cc1C. The van der Waals surface area contributed by atoms with E-state index in [-0.39, 0.29) is 0 Å². The normalized spacial score (nSPS) is 9.15. The molecule has 0 radical (unpaired) electrons. The van der Waals surface area contributed by atoms with E-state index in [4.69, 9.17) is 0 Å². The molecule has 0 heteroatoms. The van der Waals surface area contributed by atoms with Crippen molar-refractivity contribution >= 4 is 0 Å². The predicted molar refractivity (Wildman–Crippen MR) is 57.7 cm³/mol. The fourth-order valence-electron chi connectivity index (χ4n) is 1.27. The van der Waals surface area contributed by atoms with Crippen molar-refractivity contribution in [2.75, 3.05) is 0 Å². The summed E-state index contributed by atoms with van der Waals surface area (Å²) in [5, 5.41) is 0. The second-order valence-electron chi connectivity index (χ2n) is 3.16. The van der Waals surface area contributed by atoms with Crippen LogP contribution in [0.5, 0.6) is 0 Å². The van der Waals surface area contributed by atoms with Gasteiger partial charge in [-0.3, -0.25) is 0 Å². The van der Waals surface area contributed by atoms with Gasteiger partial charge in [0, 0.05) is 12.0 Å². The smallest absolute Gasteiger partial charge is 0.0274 e. The van der Waals surface area contributed by atoms with Crippen LogP contribution in [0.2, 0.25) is 0 Å². The minimum atomic E-state index is 0.926. The molecular weight excluding hydrogens is 156 g/mol. The Morgan fingerprint density at radius 2 is 2.00 bits per heavy atom. The van der Waals surface area contributed by atoms with Gasteiger partial charge < -0.3 is 0 Å². The molecule has 0 bridgehead atoms. The van der Waals surface area contributed by atoms with Gasteiger partial charge in [0.1, 0.15) is 0 Å². The number of hydrogen-bond acceptors (Lipinski definition) is 0. The van der Waals surface area contributed by atoms with Crippen LogP contribution in [0.15, 0.2) is 18.2 Å². The van der Waals surface area contributed by atoms with Gasteiger partial charge in [0.05, 0.1) is 0 Å². The predicted octanol–water partition coefficient (Wildman–Crippen LogP) is 3.32. The molecule has 0 heterocycles. The van der Waals surface area contributed by atoms with Crippen molar-refractivity contribution in [3.8, 4) is 11.8 Å². The Bertz CT molecular complexity index is 337. The van der Waals surface area contributed by atoms with Crippen molar-refractivity contribution in [3.05, 3.63) is 34.9 Å². The van der Waals surface area contributed by atoms with Crippen LogP contribution in [0.25, 0.3) is 0 Å². The monoisotopic (exact) mass is 172 g/mol. The van der Waals surface area contributed by atoms with E-state index in [1.165, 1.54) is 16.7 Å². The molecule has 0 aliphatic rings. The molecule has 0 spiro atoms. The summed E-state index contributed by atoms with van der Waals surface area (Å²) in [4.78, 5) is 0. The Hall–Kier alpha value is -1.22. The fourth-order valence-corrected chi connectivity index (χ4v) is 1.27. The second kappa shape index (κ2) is 4.72. The van der Waals surface area contributed by atoms with E-state index in [0.29, 0.717) is 0 Å². The van der Waals surface area contributed by atoms with E-state index in [0.717, 1.165) is 12.8 Å². The average Bonchev–Trinajstić information content (AvgIpc) is 2.16. The Kier molecular flexibility index (Phi) is 3.58. The Labute approximate surface area is 81.0 Å². The molecule has 0 atom stereocenters. The maximum atomic E-state index is 3.16. The lowest BCUT2D eigenvalue weighted by Gasteiger charge is -2.01. The van der Waals surface area contributed by atoms with Crippen LogP contribution < -0.4 is 0 Å². The highest BCUT2D eigenvalue weighted by atomic mass is 14.0. The van der Waals surface area contributed by atoms with Crippen molar-refractivity contribution in [1.29, 1.82) is 0 Å². The molecule has 0 fully saturated rings. The largest absolute Gasteiger partial charge is 0.0982 e. The molecule has 1 rings (SSSR count). The van der Waals surface area contributed by atoms with Crippen LogP contribution in [0.3, 0.4) is 0 Å². The summed E-state index contributed by atoms with van der Waals surface area (Å²) in [5.41, 5.74) is 3.85. The van der Waals surface area contributed by atoms with Gasteiger partial charge >= 0.3 is 0 Å². The Balaban J connectivity index is 2.98. The minimum absolute atomic E-state index is 0.926. The third-order valence-electron chi connectivity index (χ3n) is 2.10. The first-order valence-electron chi connectivity index (χ1n) is 4.86. The van der Waals surface area contributed by atoms with Crippen molar-refractivity contribution < 1.29 is 0 Å². The summed E-state index contributed by atoms with van der Waals surface area (Å²) in [5.74, 6) is 6.26. The van der Waals surface area contributed by atoms with Gasteiger partial charge in [-0.15, -0.1) is 0 Å². The first-order chi connectivity index (χ1) is 6.27. The lowest BCUT2D eigenvalue weighted by molar-refractivity contribution is 1.13. The van der Waals surface area contributed by atoms with E-state index >= 15 is 0 Å². The fraction of sp³-hybridized carbons (Fsp3) is 0.385. The van der Waals surface area contributed by atoms with Gasteiger partial charge in [-0.25, -0.2) is 0 Å². The highest BCUT2D eigenvalue weighted by molar-refractivity contribution is 5.42. The molecule has 0 N–H and O–H groups in total. The Morgan fingerprint density at radius 1 is 1.23 bits per heavy atom. The van der Waals surface area contributed by atoms with E-state index in [2.05, 4.69) is 50.8 Å². The standard InChI is InChI=1S/C13H16/c1-4-6-7-13-9-8-12(5-2)10-11(13)3/h8-10H,4-5H2,1-3H3. The van der Waals surface area contributed by atoms with Gasteiger partial charge in [-0.05, 0) is 30.5 Å². The number of hydrogen-bond donors (Lipinski definition) is 0. The van der Waals surface area contributed by atoms with Gasteiger partial charge in [0.15, 0.2) is 0 Å². The Morgan fingerprint density at radius 3 is 2.54 bits per heavy atom. The highest BCUT2D eigenvalue weighted by Gasteiger charge is 1.95. The van der Waals surface area contributed by atoms with E-state index in [1.807, 2.05) is 0 Å². The van der Waals surface area contributed by atoms with Gasteiger partial charge in [-0.2, -0.15) is 0 Å². The van der Waals surface area contributed by atoms with Crippen molar-refractivity contribution in [2.45, 2.75) is 33.6 Å². The van der Waals surface area contributed by atoms with Crippen molar-refractivity contribution in [3.63, 3.8) is 0 Å². The van der Waals surface area contributed by atoms with Crippen molar-refractivity contribution in [1.82, 2.24) is 0 Å². The molecule has 1 aromatic rings. The zero-order chi connectivity index (χ0) is 9.68. The first kappa shape index (κ1) is 9.86. The topological polar surface area (TPSA) is 0 Å². The van der Waals surface area contributed by atoms with Gasteiger partial charge in [-0.1, -0.05) is 37.8 Å². The molecule has 1 aromatic carbocycles. The summed E-state index contributed by atoms with van der Waals surface area (Å²) in [6, 6.07) is 6.50. The molecule has 0 aliphatic carbocycles. The summed E-state index contributed by atoms with van der Waals surface area (Å²) in [6.07, 6.45) is 2.03. The van der Waals surface area contributed by atoms with Gasteiger partial charge in [0.25, 0.3) is 0 Å². The molecule has 0 aliphatic heterocycles. The van der Waals surface area contributed by atoms with Crippen LogP contribution >= 0.6 is 0 Å². The van der Waals surface area contributed by atoms with Gasteiger partial charge in [0.2, 0.25) is 0 Å². The molecule has 0 saturated heterocycles. The van der Waals surface area contributed by atoms with E-state index < -0.39 is 0 Å². The lowest BCUT2D eigenvalue weighted by atomic mass is 10.0. The minimum Gasteiger partial charge on any atom is -0.0982 e. The summed E-state index contributed by atoms with van der Waals surface area (Å²) in [7, 11) is 0. The van der Waals surface area contributed by atoms with E-state index in [1.54, 1.807) is 0 Å². The first-order valence-corrected chi connectivity index (χ1v) is 4.86. The summed E-state index contributed by atoms with van der Waals surface area (Å²) >= 11 is 0. The molecule has 0 saturated carbocycles. The lowest BCUT2D eigenvalue weighted by Crippen LogP contribution is -1.86. The van der Waals surface area contributed by atoms with Crippen molar-refractivity contribution in [2.24, 2.45) is 0 Å². The van der Waals surface area contributed by atoms with Crippen LogP contribution in [0, 0.1) is 18.8 Å². The summed E-state index contributed by atoms with van der Waals surface area (Å²) in [6.45, 7) is 6.37. The molecule has 0 amide bonds. The molecule has 0 nitrogen and oxygen atoms in total. The van der Waals surface area contributed by atoms with E-state index in [9.17, 15) is 0 Å². The number of aryl methyl sites for hydroxylation is 2. The third kappa shape index (κ3) is 2.63. The van der Waals surface area contributed by atoms with Crippen LogP contribution in [0.1, 0.15) is 37.0 Å². The third-order valence-corrected chi connectivity index (χ3v) is 2.10. The average molecular weight is 172 g/mol. The number of rotatable bonds is 1. The van der Waals surface area contributed by atoms with Crippen LogP contribution in [0.4, 0.5) is 0 Å². The molecular formula is C13H16. The maximum Gasteiger partial charge on any atom is 0.0274 e. The maximum absolute atomic E-state index is 3.16. The zero-order valence-corrected chi connectivity index (χ0v) is 8.65. The van der Waals surface area contributed by atoms with Crippen LogP contribution in [-0.2, 0) is 6.42 Å². The molecule has 68 valence electrons. The quantitative estimate of drug-likeness (QED) is 0.570. The molecule has 0 unspecified atom stereocenters. The molecule has 0 aromatic heterocycles.